The van der Waals surface area contributed by atoms with E-state index in [0.29, 0.717) is 18.9 Å². The summed E-state index contributed by atoms with van der Waals surface area (Å²) in [5.74, 6) is -0.543. The van der Waals surface area contributed by atoms with Gasteiger partial charge in [-0.25, -0.2) is 4.39 Å². The van der Waals surface area contributed by atoms with E-state index in [-0.39, 0.29) is 11.7 Å². The third-order valence-electron chi connectivity index (χ3n) is 3.32. The number of hydrogen-bond donors (Lipinski definition) is 1. The zero-order chi connectivity index (χ0) is 13.7. The third-order valence-corrected chi connectivity index (χ3v) is 3.32. The summed E-state index contributed by atoms with van der Waals surface area (Å²) in [7, 11) is 0. The van der Waals surface area contributed by atoms with E-state index < -0.39 is 5.97 Å². The number of nitrogens with zero attached hydrogens (tertiary/aromatic N) is 1. The Morgan fingerprint density at radius 2 is 2.16 bits per heavy atom. The highest BCUT2D eigenvalue weighted by Gasteiger charge is 2.27. The summed E-state index contributed by atoms with van der Waals surface area (Å²) >= 11 is 0. The Morgan fingerprint density at radius 3 is 2.79 bits per heavy atom. The lowest BCUT2D eigenvalue weighted by molar-refractivity contribution is -0.141. The van der Waals surface area contributed by atoms with Crippen LogP contribution in [0.1, 0.15) is 12.8 Å². The molecule has 0 saturated carbocycles. The Balaban J connectivity index is 1.62. The van der Waals surface area contributed by atoms with Crippen LogP contribution in [0.4, 0.5) is 4.39 Å². The number of carboxylic acid groups (broad SMARTS) is 1. The SMILES string of the molecule is O=C(O)C1CCN(CCCOc2ccc(F)cc2)C1. The Kier molecular flexibility index (Phi) is 4.74. The number of hydrogen-bond acceptors (Lipinski definition) is 3. The largest absolute Gasteiger partial charge is 0.494 e. The van der Waals surface area contributed by atoms with Gasteiger partial charge in [0.05, 0.1) is 12.5 Å². The maximum atomic E-state index is 12.7. The van der Waals surface area contributed by atoms with Crippen LogP contribution < -0.4 is 4.74 Å². The molecule has 0 spiro atoms. The van der Waals surface area contributed by atoms with Gasteiger partial charge < -0.3 is 14.7 Å². The lowest BCUT2D eigenvalue weighted by atomic mass is 10.1. The monoisotopic (exact) mass is 267 g/mol. The van der Waals surface area contributed by atoms with Gasteiger partial charge in [-0.3, -0.25) is 4.79 Å². The van der Waals surface area contributed by atoms with E-state index in [4.69, 9.17) is 9.84 Å². The second-order valence-corrected chi connectivity index (χ2v) is 4.78. The van der Waals surface area contributed by atoms with E-state index >= 15 is 0 Å². The number of rotatable bonds is 6. The van der Waals surface area contributed by atoms with Gasteiger partial charge in [-0.15, -0.1) is 0 Å². The van der Waals surface area contributed by atoms with Gasteiger partial charge in [0.15, 0.2) is 0 Å². The molecule has 1 unspecified atom stereocenters. The number of carboxylic acids is 1. The van der Waals surface area contributed by atoms with Crippen molar-refractivity contribution in [3.05, 3.63) is 30.1 Å². The molecule has 0 bridgehead atoms. The predicted molar refractivity (Wildman–Crippen MR) is 68.7 cm³/mol. The first-order valence-electron chi connectivity index (χ1n) is 6.48. The third kappa shape index (κ3) is 4.21. The number of benzene rings is 1. The molecule has 1 atom stereocenters. The molecule has 1 aromatic rings. The summed E-state index contributed by atoms with van der Waals surface area (Å²) in [5, 5.41) is 8.89. The van der Waals surface area contributed by atoms with E-state index in [1.807, 2.05) is 0 Å². The van der Waals surface area contributed by atoms with Gasteiger partial charge in [0.25, 0.3) is 0 Å². The molecule has 1 heterocycles. The summed E-state index contributed by atoms with van der Waals surface area (Å²) in [4.78, 5) is 13.0. The first-order chi connectivity index (χ1) is 9.15. The molecule has 5 heteroatoms. The summed E-state index contributed by atoms with van der Waals surface area (Å²) in [6, 6.07) is 5.94. The van der Waals surface area contributed by atoms with Crippen LogP contribution in [0, 0.1) is 11.7 Å². The molecule has 1 N–H and O–H groups in total. The second kappa shape index (κ2) is 6.52. The average Bonchev–Trinajstić information content (AvgIpc) is 2.86. The molecular formula is C14H18FNO3. The molecule has 0 aromatic heterocycles. The minimum atomic E-state index is -0.704. The topological polar surface area (TPSA) is 49.8 Å². The first-order valence-corrected chi connectivity index (χ1v) is 6.48. The van der Waals surface area contributed by atoms with Crippen molar-refractivity contribution in [3.63, 3.8) is 0 Å². The Morgan fingerprint density at radius 1 is 1.42 bits per heavy atom. The highest BCUT2D eigenvalue weighted by molar-refractivity contribution is 5.70. The van der Waals surface area contributed by atoms with Crippen LogP contribution in [0.15, 0.2) is 24.3 Å². The van der Waals surface area contributed by atoms with Gasteiger partial charge in [-0.05, 0) is 43.7 Å². The fourth-order valence-corrected chi connectivity index (χ4v) is 2.25. The van der Waals surface area contributed by atoms with Crippen molar-refractivity contribution in [2.24, 2.45) is 5.92 Å². The standard InChI is InChI=1S/C14H18FNO3/c15-12-2-4-13(5-3-12)19-9-1-7-16-8-6-11(10-16)14(17)18/h2-5,11H,1,6-10H2,(H,17,18). The van der Waals surface area contributed by atoms with Crippen LogP contribution in [-0.2, 0) is 4.79 Å². The molecular weight excluding hydrogens is 249 g/mol. The van der Waals surface area contributed by atoms with Crippen LogP contribution >= 0.6 is 0 Å². The van der Waals surface area contributed by atoms with Crippen LogP contribution in [0.5, 0.6) is 5.75 Å². The number of aliphatic carboxylic acids is 1. The number of ether oxygens (including phenoxy) is 1. The maximum Gasteiger partial charge on any atom is 0.307 e. The van der Waals surface area contributed by atoms with Crippen molar-refractivity contribution in [2.45, 2.75) is 12.8 Å². The molecule has 104 valence electrons. The molecule has 0 radical (unpaired) electrons. The van der Waals surface area contributed by atoms with Gasteiger partial charge in [-0.1, -0.05) is 0 Å². The van der Waals surface area contributed by atoms with Gasteiger partial charge in [-0.2, -0.15) is 0 Å². The van der Waals surface area contributed by atoms with Crippen LogP contribution in [-0.4, -0.2) is 42.2 Å². The van der Waals surface area contributed by atoms with E-state index in [9.17, 15) is 9.18 Å². The van der Waals surface area contributed by atoms with E-state index in [0.717, 1.165) is 25.9 Å². The number of likely N-dealkylation sites (tertiary alicyclic amines) is 1. The van der Waals surface area contributed by atoms with Gasteiger partial charge >= 0.3 is 5.97 Å². The van der Waals surface area contributed by atoms with Gasteiger partial charge in [0.1, 0.15) is 11.6 Å². The number of carbonyl (C=O) groups is 1. The predicted octanol–water partition coefficient (Wildman–Crippen LogP) is 2.00. The van der Waals surface area contributed by atoms with Gasteiger partial charge in [0, 0.05) is 13.1 Å². The van der Waals surface area contributed by atoms with Crippen LogP contribution in [0.3, 0.4) is 0 Å². The molecule has 1 aromatic carbocycles. The number of halogens is 1. The molecule has 1 aliphatic heterocycles. The van der Waals surface area contributed by atoms with E-state index in [2.05, 4.69) is 4.90 Å². The Bertz CT molecular complexity index is 421. The van der Waals surface area contributed by atoms with Crippen molar-refractivity contribution in [1.82, 2.24) is 4.90 Å². The maximum absolute atomic E-state index is 12.7. The van der Waals surface area contributed by atoms with Crippen molar-refractivity contribution >= 4 is 5.97 Å². The Hall–Kier alpha value is -1.62. The lowest BCUT2D eigenvalue weighted by Crippen LogP contribution is -2.25. The zero-order valence-corrected chi connectivity index (χ0v) is 10.7. The van der Waals surface area contributed by atoms with Crippen molar-refractivity contribution in [1.29, 1.82) is 0 Å². The first kappa shape index (κ1) is 13.8. The van der Waals surface area contributed by atoms with Crippen molar-refractivity contribution in [2.75, 3.05) is 26.2 Å². The summed E-state index contributed by atoms with van der Waals surface area (Å²) in [6.45, 7) is 2.87. The normalized spacial score (nSPS) is 19.5. The second-order valence-electron chi connectivity index (χ2n) is 4.78. The zero-order valence-electron chi connectivity index (χ0n) is 10.7. The fraction of sp³-hybridized carbons (Fsp3) is 0.500. The minimum Gasteiger partial charge on any atom is -0.494 e. The highest BCUT2D eigenvalue weighted by atomic mass is 19.1. The molecule has 0 amide bonds. The quantitative estimate of drug-likeness (QED) is 0.801. The molecule has 1 saturated heterocycles. The molecule has 2 rings (SSSR count). The Labute approximate surface area is 111 Å². The van der Waals surface area contributed by atoms with Crippen LogP contribution in [0.2, 0.25) is 0 Å². The lowest BCUT2D eigenvalue weighted by Gasteiger charge is -2.15. The molecule has 0 aliphatic carbocycles. The molecule has 4 nitrogen and oxygen atoms in total. The summed E-state index contributed by atoms with van der Waals surface area (Å²) in [6.07, 6.45) is 1.57. The van der Waals surface area contributed by atoms with Crippen molar-refractivity contribution in [3.8, 4) is 5.75 Å². The minimum absolute atomic E-state index is 0.224. The summed E-state index contributed by atoms with van der Waals surface area (Å²) in [5.41, 5.74) is 0. The fourth-order valence-electron chi connectivity index (χ4n) is 2.25. The molecule has 19 heavy (non-hydrogen) atoms. The molecule has 1 fully saturated rings. The van der Waals surface area contributed by atoms with E-state index in [1.54, 1.807) is 12.1 Å². The van der Waals surface area contributed by atoms with Gasteiger partial charge in [0.2, 0.25) is 0 Å². The smallest absolute Gasteiger partial charge is 0.307 e. The van der Waals surface area contributed by atoms with Crippen molar-refractivity contribution < 1.29 is 19.0 Å². The van der Waals surface area contributed by atoms with Crippen LogP contribution in [0.25, 0.3) is 0 Å². The average molecular weight is 267 g/mol. The van der Waals surface area contributed by atoms with E-state index in [1.165, 1.54) is 12.1 Å². The molecule has 1 aliphatic rings. The summed E-state index contributed by atoms with van der Waals surface area (Å²) < 4.78 is 18.2. The highest BCUT2D eigenvalue weighted by Crippen LogP contribution is 2.16.